The van der Waals surface area contributed by atoms with Crippen molar-refractivity contribution in [3.05, 3.63) is 59.2 Å². The van der Waals surface area contributed by atoms with Crippen molar-refractivity contribution in [2.75, 3.05) is 7.11 Å². The lowest BCUT2D eigenvalue weighted by molar-refractivity contribution is -0.137. The van der Waals surface area contributed by atoms with Crippen LogP contribution in [-0.2, 0) is 6.18 Å². The molecular formula is C19H14F3NO3. The van der Waals surface area contributed by atoms with Crippen molar-refractivity contribution in [1.82, 2.24) is 4.98 Å². The summed E-state index contributed by atoms with van der Waals surface area (Å²) in [5, 5.41) is 10.0. The number of halogens is 3. The zero-order valence-electron chi connectivity index (χ0n) is 13.9. The third-order valence-corrected chi connectivity index (χ3v) is 4.11. The first-order valence-electron chi connectivity index (χ1n) is 7.61. The Hall–Kier alpha value is -3.09. The molecule has 7 heteroatoms. The van der Waals surface area contributed by atoms with E-state index >= 15 is 0 Å². The number of hydrogen-bond donors (Lipinski definition) is 1. The lowest BCUT2D eigenvalue weighted by atomic mass is 9.97. The molecule has 0 spiro atoms. The van der Waals surface area contributed by atoms with Gasteiger partial charge in [0.2, 0.25) is 0 Å². The molecule has 4 nitrogen and oxygen atoms in total. The Balaban J connectivity index is 2.33. The van der Waals surface area contributed by atoms with E-state index in [0.29, 0.717) is 22.2 Å². The van der Waals surface area contributed by atoms with E-state index in [9.17, 15) is 23.1 Å². The summed E-state index contributed by atoms with van der Waals surface area (Å²) in [4.78, 5) is 16.2. The van der Waals surface area contributed by atoms with E-state index in [1.807, 2.05) is 0 Å². The Kier molecular flexibility index (Phi) is 4.31. The average Bonchev–Trinajstić information content (AvgIpc) is 2.59. The smallest absolute Gasteiger partial charge is 0.416 e. The number of fused-ring (bicyclic) bond motifs is 1. The molecule has 1 heterocycles. The second kappa shape index (κ2) is 6.33. The van der Waals surface area contributed by atoms with E-state index in [4.69, 9.17) is 4.74 Å². The first-order chi connectivity index (χ1) is 12.2. The van der Waals surface area contributed by atoms with Gasteiger partial charge >= 0.3 is 12.1 Å². The van der Waals surface area contributed by atoms with Crippen molar-refractivity contribution >= 4 is 16.9 Å². The van der Waals surface area contributed by atoms with Gasteiger partial charge < -0.3 is 9.84 Å². The predicted octanol–water partition coefficient (Wildman–Crippen LogP) is 4.94. The van der Waals surface area contributed by atoms with Crippen molar-refractivity contribution < 1.29 is 27.8 Å². The third-order valence-electron chi connectivity index (χ3n) is 4.11. The molecule has 3 aromatic rings. The molecule has 0 atom stereocenters. The predicted molar refractivity (Wildman–Crippen MR) is 90.4 cm³/mol. The molecule has 0 aliphatic carbocycles. The summed E-state index contributed by atoms with van der Waals surface area (Å²) in [5.41, 5.74) is 0.205. The summed E-state index contributed by atoms with van der Waals surface area (Å²) >= 11 is 0. The molecule has 0 radical (unpaired) electrons. The van der Waals surface area contributed by atoms with Gasteiger partial charge in [-0.2, -0.15) is 13.2 Å². The van der Waals surface area contributed by atoms with Crippen molar-refractivity contribution in [2.24, 2.45) is 0 Å². The van der Waals surface area contributed by atoms with Gasteiger partial charge in [0, 0.05) is 17.0 Å². The Morgan fingerprint density at radius 3 is 2.50 bits per heavy atom. The van der Waals surface area contributed by atoms with E-state index in [1.165, 1.54) is 26.2 Å². The maximum Gasteiger partial charge on any atom is 0.416 e. The quantitative estimate of drug-likeness (QED) is 0.718. The van der Waals surface area contributed by atoms with E-state index in [2.05, 4.69) is 4.98 Å². The molecule has 1 aromatic heterocycles. The summed E-state index contributed by atoms with van der Waals surface area (Å²) < 4.78 is 44.2. The Morgan fingerprint density at radius 1 is 1.15 bits per heavy atom. The number of rotatable bonds is 3. The van der Waals surface area contributed by atoms with Crippen molar-refractivity contribution in [2.45, 2.75) is 13.1 Å². The van der Waals surface area contributed by atoms with Crippen LogP contribution in [-0.4, -0.2) is 23.2 Å². The van der Waals surface area contributed by atoms with Gasteiger partial charge in [0.15, 0.2) is 0 Å². The fraction of sp³-hybridized carbons (Fsp3) is 0.158. The van der Waals surface area contributed by atoms with E-state index in [-0.39, 0.29) is 16.8 Å². The highest BCUT2D eigenvalue weighted by Gasteiger charge is 2.31. The minimum Gasteiger partial charge on any atom is -0.497 e. The normalized spacial score (nSPS) is 11.6. The average molecular weight is 361 g/mol. The molecule has 2 aromatic carbocycles. The minimum absolute atomic E-state index is 0.00469. The Bertz CT molecular complexity index is 1010. The summed E-state index contributed by atoms with van der Waals surface area (Å²) in [6, 6.07) is 9.41. The Labute approximate surface area is 146 Å². The largest absolute Gasteiger partial charge is 0.497 e. The fourth-order valence-corrected chi connectivity index (χ4v) is 2.87. The van der Waals surface area contributed by atoms with Gasteiger partial charge in [-0.3, -0.25) is 0 Å². The second-order valence-electron chi connectivity index (χ2n) is 5.73. The molecule has 0 fully saturated rings. The number of hydrogen-bond acceptors (Lipinski definition) is 3. The molecular weight excluding hydrogens is 347 g/mol. The molecule has 1 N–H and O–H groups in total. The van der Waals surface area contributed by atoms with Gasteiger partial charge in [0.25, 0.3) is 0 Å². The highest BCUT2D eigenvalue weighted by Crippen LogP contribution is 2.35. The van der Waals surface area contributed by atoms with E-state index < -0.39 is 17.7 Å². The second-order valence-corrected chi connectivity index (χ2v) is 5.73. The number of pyridine rings is 1. The maximum atomic E-state index is 13.0. The topological polar surface area (TPSA) is 59.4 Å². The van der Waals surface area contributed by atoms with Crippen LogP contribution in [0.2, 0.25) is 0 Å². The lowest BCUT2D eigenvalue weighted by Gasteiger charge is -2.14. The molecule has 0 aliphatic rings. The first-order valence-corrected chi connectivity index (χ1v) is 7.61. The Morgan fingerprint density at radius 2 is 1.88 bits per heavy atom. The molecule has 0 saturated heterocycles. The van der Waals surface area contributed by atoms with Crippen molar-refractivity contribution in [1.29, 1.82) is 0 Å². The van der Waals surface area contributed by atoms with Gasteiger partial charge in [0.1, 0.15) is 5.75 Å². The van der Waals surface area contributed by atoms with Crippen LogP contribution >= 0.6 is 0 Å². The monoisotopic (exact) mass is 361 g/mol. The van der Waals surface area contributed by atoms with Crippen LogP contribution < -0.4 is 4.74 Å². The molecule has 134 valence electrons. The lowest BCUT2D eigenvalue weighted by Crippen LogP contribution is -2.07. The van der Waals surface area contributed by atoms with Gasteiger partial charge in [0.05, 0.1) is 29.4 Å². The number of aromatic carboxylic acids is 1. The minimum atomic E-state index is -4.50. The standard InChI is InChI=1S/C19H14F3NO3/c1-10-16(18(24)25)14-7-6-13(26-2)9-15(14)23-17(10)11-4-3-5-12(8-11)19(20,21)22/h3-9H,1-2H3,(H,24,25). The van der Waals surface area contributed by atoms with Gasteiger partial charge in [-0.25, -0.2) is 9.78 Å². The number of aromatic nitrogens is 1. The SMILES string of the molecule is COc1ccc2c(C(=O)O)c(C)c(-c3cccc(C(F)(F)F)c3)nc2c1. The van der Waals surface area contributed by atoms with Gasteiger partial charge in [-0.05, 0) is 36.8 Å². The number of alkyl halides is 3. The molecule has 26 heavy (non-hydrogen) atoms. The molecule has 0 saturated carbocycles. The molecule has 3 rings (SSSR count). The van der Waals surface area contributed by atoms with Crippen LogP contribution in [0.25, 0.3) is 22.2 Å². The van der Waals surface area contributed by atoms with E-state index in [0.717, 1.165) is 12.1 Å². The fourth-order valence-electron chi connectivity index (χ4n) is 2.87. The van der Waals surface area contributed by atoms with Crippen LogP contribution in [0.15, 0.2) is 42.5 Å². The maximum absolute atomic E-state index is 13.0. The third kappa shape index (κ3) is 3.08. The van der Waals surface area contributed by atoms with Crippen LogP contribution in [0.1, 0.15) is 21.5 Å². The van der Waals surface area contributed by atoms with Crippen molar-refractivity contribution in [3.63, 3.8) is 0 Å². The van der Waals surface area contributed by atoms with Gasteiger partial charge in [-0.15, -0.1) is 0 Å². The highest BCUT2D eigenvalue weighted by atomic mass is 19.4. The number of benzene rings is 2. The molecule has 0 aliphatic heterocycles. The highest BCUT2D eigenvalue weighted by molar-refractivity contribution is 6.05. The van der Waals surface area contributed by atoms with Crippen LogP contribution in [0, 0.1) is 6.92 Å². The number of methoxy groups -OCH3 is 1. The molecule has 0 unspecified atom stereocenters. The number of carbonyl (C=O) groups is 1. The van der Waals surface area contributed by atoms with Gasteiger partial charge in [-0.1, -0.05) is 12.1 Å². The number of nitrogens with zero attached hydrogens (tertiary/aromatic N) is 1. The summed E-state index contributed by atoms with van der Waals surface area (Å²) in [6.45, 7) is 1.54. The van der Waals surface area contributed by atoms with Crippen LogP contribution in [0.4, 0.5) is 13.2 Å². The zero-order chi connectivity index (χ0) is 19.1. The molecule has 0 amide bonds. The van der Waals surface area contributed by atoms with Crippen LogP contribution in [0.3, 0.4) is 0 Å². The molecule has 0 bridgehead atoms. The summed E-state index contributed by atoms with van der Waals surface area (Å²) in [5.74, 6) is -0.700. The van der Waals surface area contributed by atoms with Crippen LogP contribution in [0.5, 0.6) is 5.75 Å². The number of carboxylic acid groups (broad SMARTS) is 1. The van der Waals surface area contributed by atoms with E-state index in [1.54, 1.807) is 18.2 Å². The number of carboxylic acids is 1. The summed E-state index contributed by atoms with van der Waals surface area (Å²) in [6.07, 6.45) is -4.50. The first kappa shape index (κ1) is 17.7. The van der Waals surface area contributed by atoms with Crippen molar-refractivity contribution in [3.8, 4) is 17.0 Å². The number of ether oxygens (including phenoxy) is 1. The summed E-state index contributed by atoms with van der Waals surface area (Å²) in [7, 11) is 1.46. The zero-order valence-corrected chi connectivity index (χ0v) is 13.9.